The van der Waals surface area contributed by atoms with Crippen molar-refractivity contribution in [3.05, 3.63) is 59.0 Å². The molecule has 2 aromatic rings. The Kier molecular flexibility index (Phi) is 5.07. The summed E-state index contributed by atoms with van der Waals surface area (Å²) in [7, 11) is 0. The van der Waals surface area contributed by atoms with Crippen LogP contribution in [0.25, 0.3) is 0 Å². The number of carbonyl (C=O) groups excluding carboxylic acids is 2. The lowest BCUT2D eigenvalue weighted by molar-refractivity contribution is -0.122. The number of nitrogens with two attached hydrogens (primary N) is 1. The fraction of sp³-hybridized carbons (Fsp3) is 0.368. The second-order valence-corrected chi connectivity index (χ2v) is 6.43. The van der Waals surface area contributed by atoms with Crippen molar-refractivity contribution < 1.29 is 14.0 Å². The molecule has 132 valence electrons. The number of aryl methyl sites for hydroxylation is 2. The zero-order chi connectivity index (χ0) is 17.8. The Labute approximate surface area is 146 Å². The van der Waals surface area contributed by atoms with Gasteiger partial charge in [0.25, 0.3) is 0 Å². The predicted molar refractivity (Wildman–Crippen MR) is 93.8 cm³/mol. The molecule has 0 bridgehead atoms. The van der Waals surface area contributed by atoms with E-state index in [1.807, 2.05) is 37.3 Å². The number of nitrogens with one attached hydrogen (secondary N) is 2. The monoisotopic (exact) mass is 341 g/mol. The number of fused-ring (bicyclic) bond motifs is 1. The Morgan fingerprint density at radius 1 is 1.32 bits per heavy atom. The van der Waals surface area contributed by atoms with Crippen molar-refractivity contribution in [2.75, 3.05) is 0 Å². The summed E-state index contributed by atoms with van der Waals surface area (Å²) in [6, 6.07) is 8.43. The van der Waals surface area contributed by atoms with Gasteiger partial charge in [-0.05, 0) is 37.0 Å². The maximum atomic E-state index is 12.6. The predicted octanol–water partition coefficient (Wildman–Crippen LogP) is 2.88. The van der Waals surface area contributed by atoms with Crippen molar-refractivity contribution in [2.45, 2.75) is 44.7 Å². The Hall–Kier alpha value is -2.76. The first-order chi connectivity index (χ1) is 12.0. The van der Waals surface area contributed by atoms with Crippen molar-refractivity contribution in [1.82, 2.24) is 10.6 Å². The third kappa shape index (κ3) is 4.02. The minimum Gasteiger partial charge on any atom is -0.469 e. The van der Waals surface area contributed by atoms with Crippen LogP contribution < -0.4 is 16.4 Å². The lowest BCUT2D eigenvalue weighted by Gasteiger charge is -2.25. The molecule has 2 atom stereocenters. The first-order valence-corrected chi connectivity index (χ1v) is 8.51. The number of carbonyl (C=O) groups is 2. The van der Waals surface area contributed by atoms with Gasteiger partial charge < -0.3 is 20.8 Å². The molecule has 1 aromatic carbocycles. The SMILES string of the molecule is Cc1ccccc1C(CC(=O)NC1CCCc2occc21)NC(N)=O. The van der Waals surface area contributed by atoms with Gasteiger partial charge in [-0.15, -0.1) is 0 Å². The lowest BCUT2D eigenvalue weighted by Crippen LogP contribution is -2.38. The van der Waals surface area contributed by atoms with Crippen LogP contribution in [0.4, 0.5) is 4.79 Å². The zero-order valence-electron chi connectivity index (χ0n) is 14.2. The molecule has 0 saturated heterocycles. The zero-order valence-corrected chi connectivity index (χ0v) is 14.2. The maximum absolute atomic E-state index is 12.6. The first kappa shape index (κ1) is 17.1. The molecule has 2 unspecified atom stereocenters. The van der Waals surface area contributed by atoms with Gasteiger partial charge in [-0.2, -0.15) is 0 Å². The van der Waals surface area contributed by atoms with Gasteiger partial charge in [0, 0.05) is 12.0 Å². The highest BCUT2D eigenvalue weighted by Gasteiger charge is 2.26. The van der Waals surface area contributed by atoms with Crippen LogP contribution in [-0.2, 0) is 11.2 Å². The van der Waals surface area contributed by atoms with Gasteiger partial charge in [-0.1, -0.05) is 24.3 Å². The molecule has 6 heteroatoms. The number of amides is 3. The van der Waals surface area contributed by atoms with Crippen LogP contribution in [-0.4, -0.2) is 11.9 Å². The minimum atomic E-state index is -0.643. The number of furan rings is 1. The second-order valence-electron chi connectivity index (χ2n) is 6.43. The van der Waals surface area contributed by atoms with E-state index in [0.717, 1.165) is 41.7 Å². The molecule has 0 saturated carbocycles. The largest absolute Gasteiger partial charge is 0.469 e. The van der Waals surface area contributed by atoms with Crippen LogP contribution in [0, 0.1) is 6.92 Å². The molecule has 0 radical (unpaired) electrons. The Morgan fingerprint density at radius 2 is 2.12 bits per heavy atom. The summed E-state index contributed by atoms with van der Waals surface area (Å²) in [6.07, 6.45) is 4.57. The summed E-state index contributed by atoms with van der Waals surface area (Å²) in [5.74, 6) is 0.823. The van der Waals surface area contributed by atoms with Crippen molar-refractivity contribution in [2.24, 2.45) is 5.73 Å². The highest BCUT2D eigenvalue weighted by atomic mass is 16.3. The fourth-order valence-electron chi connectivity index (χ4n) is 3.46. The maximum Gasteiger partial charge on any atom is 0.312 e. The van der Waals surface area contributed by atoms with Crippen molar-refractivity contribution in [3.8, 4) is 0 Å². The molecular formula is C19H23N3O3. The van der Waals surface area contributed by atoms with E-state index in [9.17, 15) is 9.59 Å². The van der Waals surface area contributed by atoms with E-state index in [2.05, 4.69) is 10.6 Å². The van der Waals surface area contributed by atoms with Gasteiger partial charge in [0.05, 0.1) is 24.8 Å². The number of hydrogen-bond acceptors (Lipinski definition) is 3. The van der Waals surface area contributed by atoms with Gasteiger partial charge in [0.1, 0.15) is 5.76 Å². The molecule has 0 spiro atoms. The Balaban J connectivity index is 1.71. The number of hydrogen-bond donors (Lipinski definition) is 3. The molecular weight excluding hydrogens is 318 g/mol. The molecule has 1 aromatic heterocycles. The van der Waals surface area contributed by atoms with Gasteiger partial charge in [0.2, 0.25) is 5.91 Å². The van der Waals surface area contributed by atoms with E-state index in [4.69, 9.17) is 10.2 Å². The van der Waals surface area contributed by atoms with Gasteiger partial charge >= 0.3 is 6.03 Å². The highest BCUT2D eigenvalue weighted by molar-refractivity contribution is 5.79. The minimum absolute atomic E-state index is 0.0406. The van der Waals surface area contributed by atoms with E-state index in [1.165, 1.54) is 0 Å². The quantitative estimate of drug-likeness (QED) is 0.780. The highest BCUT2D eigenvalue weighted by Crippen LogP contribution is 2.31. The van der Waals surface area contributed by atoms with E-state index in [1.54, 1.807) is 6.26 Å². The van der Waals surface area contributed by atoms with Crippen LogP contribution >= 0.6 is 0 Å². The van der Waals surface area contributed by atoms with Crippen LogP contribution in [0.3, 0.4) is 0 Å². The number of urea groups is 1. The summed E-state index contributed by atoms with van der Waals surface area (Å²) >= 11 is 0. The van der Waals surface area contributed by atoms with E-state index >= 15 is 0 Å². The Morgan fingerprint density at radius 3 is 2.88 bits per heavy atom. The molecule has 0 aliphatic heterocycles. The Bertz CT molecular complexity index is 769. The van der Waals surface area contributed by atoms with Gasteiger partial charge in [-0.25, -0.2) is 4.79 Å². The average molecular weight is 341 g/mol. The fourth-order valence-corrected chi connectivity index (χ4v) is 3.46. The number of rotatable bonds is 5. The average Bonchev–Trinajstić information content (AvgIpc) is 3.04. The number of primary amides is 1. The summed E-state index contributed by atoms with van der Waals surface area (Å²) in [5.41, 5.74) is 8.24. The summed E-state index contributed by atoms with van der Waals surface area (Å²) < 4.78 is 5.46. The van der Waals surface area contributed by atoms with Crippen molar-refractivity contribution in [3.63, 3.8) is 0 Å². The summed E-state index contributed by atoms with van der Waals surface area (Å²) in [6.45, 7) is 1.95. The molecule has 3 rings (SSSR count). The summed E-state index contributed by atoms with van der Waals surface area (Å²) in [5, 5.41) is 5.74. The smallest absolute Gasteiger partial charge is 0.312 e. The van der Waals surface area contributed by atoms with Crippen LogP contribution in [0.1, 0.15) is 53.8 Å². The van der Waals surface area contributed by atoms with E-state index in [0.29, 0.717) is 0 Å². The topological polar surface area (TPSA) is 97.4 Å². The van der Waals surface area contributed by atoms with Crippen LogP contribution in [0.15, 0.2) is 41.0 Å². The standard InChI is InChI=1S/C19H23N3O3/c1-12-5-2-3-6-13(12)16(22-19(20)24)11-18(23)21-15-7-4-8-17-14(15)9-10-25-17/h2-3,5-6,9-10,15-16H,4,7-8,11H2,1H3,(H,21,23)(H3,20,22,24). The number of benzene rings is 1. The molecule has 0 fully saturated rings. The normalized spacial score (nSPS) is 17.4. The van der Waals surface area contributed by atoms with Gasteiger partial charge in [0.15, 0.2) is 0 Å². The molecule has 4 N–H and O–H groups in total. The third-order valence-electron chi connectivity index (χ3n) is 4.66. The van der Waals surface area contributed by atoms with Crippen LogP contribution in [0.2, 0.25) is 0 Å². The molecule has 1 heterocycles. The molecule has 1 aliphatic rings. The third-order valence-corrected chi connectivity index (χ3v) is 4.66. The lowest BCUT2D eigenvalue weighted by atomic mass is 9.93. The van der Waals surface area contributed by atoms with E-state index < -0.39 is 12.1 Å². The second kappa shape index (κ2) is 7.42. The molecule has 6 nitrogen and oxygen atoms in total. The molecule has 25 heavy (non-hydrogen) atoms. The van der Waals surface area contributed by atoms with Crippen molar-refractivity contribution >= 4 is 11.9 Å². The summed E-state index contributed by atoms with van der Waals surface area (Å²) in [4.78, 5) is 23.9. The van der Waals surface area contributed by atoms with Crippen LogP contribution in [0.5, 0.6) is 0 Å². The van der Waals surface area contributed by atoms with Gasteiger partial charge in [-0.3, -0.25) is 4.79 Å². The molecule has 1 aliphatic carbocycles. The first-order valence-electron chi connectivity index (χ1n) is 8.51. The van der Waals surface area contributed by atoms with E-state index in [-0.39, 0.29) is 18.4 Å². The molecule has 3 amide bonds. The van der Waals surface area contributed by atoms with Crippen molar-refractivity contribution in [1.29, 1.82) is 0 Å².